The first-order chi connectivity index (χ1) is 39.3. The van der Waals surface area contributed by atoms with E-state index in [2.05, 4.69) is 90.7 Å². The van der Waals surface area contributed by atoms with Gasteiger partial charge in [-0.05, 0) is 225 Å². The molecule has 0 spiro atoms. The Balaban J connectivity index is 0.000000173. The number of aromatic amines is 1. The maximum atomic E-state index is 13.2. The molecule has 1 saturated carbocycles. The molecule has 6 heterocycles. The molecule has 12 rings (SSSR count). The molecule has 82 heavy (non-hydrogen) atoms. The molecule has 14 heteroatoms. The van der Waals surface area contributed by atoms with E-state index in [0.717, 1.165) is 99.7 Å². The number of pyridine rings is 2. The SMILES string of the molecule is CC1CCC(O)CC1.CC1CCN(C)C1.CCN1CCC(C)CC1.COc1cccc(C)c1.Cc1cc(C#N)c2cc[nH]c2c1.Cc1cc(F)c2c(F)ccnc2c1.Cc1ccc2c([N+](=O)[O-])cncc2c1.Cc1ccc2c(c1)OCC2. The number of hydrogen-bond acceptors (Lipinski definition) is 10. The van der Waals surface area contributed by atoms with Crippen LogP contribution >= 0.6 is 0 Å². The van der Waals surface area contributed by atoms with Gasteiger partial charge in [0.15, 0.2) is 0 Å². The van der Waals surface area contributed by atoms with E-state index in [1.165, 1.54) is 100.0 Å². The molecule has 2 N–H and O–H groups in total. The highest BCUT2D eigenvalue weighted by atomic mass is 19.1. The van der Waals surface area contributed by atoms with Crippen LogP contribution in [0.5, 0.6) is 11.5 Å². The second kappa shape index (κ2) is 33.6. The zero-order chi connectivity index (χ0) is 59.7. The zero-order valence-electron chi connectivity index (χ0n) is 50.3. The number of nitrogens with zero attached hydrogens (tertiary/aromatic N) is 6. The largest absolute Gasteiger partial charge is 0.497 e. The minimum absolute atomic E-state index is 0.0196. The molecule has 2 saturated heterocycles. The highest BCUT2D eigenvalue weighted by Crippen LogP contribution is 2.27. The first-order valence-corrected chi connectivity index (χ1v) is 28.9. The number of ether oxygens (including phenoxy) is 2. The van der Waals surface area contributed by atoms with Crippen molar-refractivity contribution in [1.82, 2.24) is 24.8 Å². The Labute approximate surface area is 485 Å². The summed E-state index contributed by atoms with van der Waals surface area (Å²) < 4.78 is 36.7. The van der Waals surface area contributed by atoms with Gasteiger partial charge in [0.1, 0.15) is 29.3 Å². The summed E-state index contributed by atoms with van der Waals surface area (Å²) in [6.07, 6.45) is 15.9. The lowest BCUT2D eigenvalue weighted by molar-refractivity contribution is -0.383. The molecule has 3 aromatic heterocycles. The number of hydrogen-bond donors (Lipinski definition) is 2. The minimum atomic E-state index is -0.567. The second-order valence-corrected chi connectivity index (χ2v) is 22.4. The Kier molecular flexibility index (Phi) is 26.8. The molecule has 438 valence electrons. The van der Waals surface area contributed by atoms with Crippen LogP contribution in [0.3, 0.4) is 0 Å². The number of piperidine rings is 1. The molecule has 5 aromatic carbocycles. The Morgan fingerprint density at radius 2 is 1.44 bits per heavy atom. The van der Waals surface area contributed by atoms with Crippen molar-refractivity contribution in [1.29, 1.82) is 5.26 Å². The first-order valence-electron chi connectivity index (χ1n) is 28.9. The molecule has 1 aliphatic carbocycles. The normalized spacial score (nSPS) is 17.2. The number of fused-ring (bicyclic) bond motifs is 4. The summed E-state index contributed by atoms with van der Waals surface area (Å²) in [5.74, 6) is 3.68. The molecule has 12 nitrogen and oxygen atoms in total. The molecular formula is C68H87F2N7O5. The molecule has 1 unspecified atom stereocenters. The Morgan fingerprint density at radius 3 is 2.05 bits per heavy atom. The minimum Gasteiger partial charge on any atom is -0.497 e. The molecule has 4 aliphatic rings. The van der Waals surface area contributed by atoms with Crippen LogP contribution in [0.2, 0.25) is 0 Å². The summed E-state index contributed by atoms with van der Waals surface area (Å²) in [7, 11) is 3.86. The van der Waals surface area contributed by atoms with Crippen LogP contribution in [0.4, 0.5) is 14.5 Å². The second-order valence-electron chi connectivity index (χ2n) is 22.4. The van der Waals surface area contributed by atoms with E-state index in [9.17, 15) is 18.9 Å². The quantitative estimate of drug-likeness (QED) is 0.129. The number of methoxy groups -OCH3 is 1. The van der Waals surface area contributed by atoms with Gasteiger partial charge < -0.3 is 29.4 Å². The number of nitro groups is 1. The van der Waals surface area contributed by atoms with Crippen LogP contribution in [-0.4, -0.2) is 94.4 Å². The molecular weight excluding hydrogens is 1030 g/mol. The van der Waals surface area contributed by atoms with E-state index in [1.807, 2.05) is 81.6 Å². The topological polar surface area (TPSA) is 154 Å². The van der Waals surface area contributed by atoms with Gasteiger partial charge in [-0.2, -0.15) is 5.26 Å². The standard InChI is InChI=1S/C10H7F2N.C10H8N2O2.C10H8N2.C9H10O.C8H17N.C8H10O.C7H14O.C6H13N/c1-6-4-8(12)10-7(11)2-3-13-9(10)5-6;1-7-2-3-9-8(4-7)5-11-6-10(9)12(13)14;1-7-4-8(6-11)9-2-3-12-10(9)5-7;1-7-2-3-8-4-5-10-9(8)6-7;1-3-9-6-4-8(2)5-7-9;1-7-4-3-5-8(6-7)9-2;1-6-2-4-7(8)5-3-6;1-6-3-4-7(2)5-6/h2-5H,1H3;2-6H,1H3;2-5,12H,1H3;2-3,6H,4-5H2,1H3;8H,3-7H2,1-2H3;3-6H,1-2H3;6-8H,2-5H2,1H3;6H,3-5H2,1-2H3. The summed E-state index contributed by atoms with van der Waals surface area (Å²) in [5, 5.41) is 30.9. The van der Waals surface area contributed by atoms with Crippen molar-refractivity contribution in [2.45, 2.75) is 120 Å². The van der Waals surface area contributed by atoms with E-state index in [0.29, 0.717) is 10.9 Å². The van der Waals surface area contributed by atoms with E-state index < -0.39 is 16.6 Å². The molecule has 0 radical (unpaired) electrons. The lowest BCUT2D eigenvalue weighted by Crippen LogP contribution is -2.32. The van der Waals surface area contributed by atoms with Crippen LogP contribution in [0.25, 0.3) is 32.6 Å². The highest BCUT2D eigenvalue weighted by Gasteiger charge is 2.16. The number of aliphatic hydroxyl groups is 1. The smallest absolute Gasteiger partial charge is 0.295 e. The van der Waals surface area contributed by atoms with Gasteiger partial charge >= 0.3 is 0 Å². The van der Waals surface area contributed by atoms with E-state index in [1.54, 1.807) is 32.4 Å². The highest BCUT2D eigenvalue weighted by molar-refractivity contribution is 5.90. The van der Waals surface area contributed by atoms with Crippen LogP contribution in [-0.2, 0) is 6.42 Å². The van der Waals surface area contributed by atoms with Crippen molar-refractivity contribution >= 4 is 38.3 Å². The lowest BCUT2D eigenvalue weighted by atomic mass is 9.89. The van der Waals surface area contributed by atoms with Gasteiger partial charge in [0.2, 0.25) is 0 Å². The molecule has 0 bridgehead atoms. The van der Waals surface area contributed by atoms with Gasteiger partial charge in [0, 0.05) is 47.8 Å². The average Bonchev–Trinajstić information content (AvgIpc) is 4.36. The predicted octanol–water partition coefficient (Wildman–Crippen LogP) is 15.8. The van der Waals surface area contributed by atoms with Crippen molar-refractivity contribution < 1.29 is 28.3 Å². The van der Waals surface area contributed by atoms with E-state index in [-0.39, 0.29) is 17.2 Å². The van der Waals surface area contributed by atoms with Crippen molar-refractivity contribution in [2.75, 3.05) is 53.5 Å². The van der Waals surface area contributed by atoms with Crippen LogP contribution < -0.4 is 9.47 Å². The Hall–Kier alpha value is -7.31. The number of aryl methyl sites for hydroxylation is 5. The van der Waals surface area contributed by atoms with Crippen LogP contribution in [0, 0.1) is 85.5 Å². The van der Waals surface area contributed by atoms with E-state index >= 15 is 0 Å². The fourth-order valence-electron chi connectivity index (χ4n) is 9.95. The molecule has 0 amide bonds. The monoisotopic (exact) mass is 1120 g/mol. The number of nitrogens with one attached hydrogen (secondary N) is 1. The molecule has 1 atom stereocenters. The summed E-state index contributed by atoms with van der Waals surface area (Å²) in [6.45, 7) is 26.3. The number of rotatable bonds is 3. The summed E-state index contributed by atoms with van der Waals surface area (Å²) in [4.78, 5) is 26.0. The third-order valence-electron chi connectivity index (χ3n) is 14.9. The fourth-order valence-corrected chi connectivity index (χ4v) is 9.95. The Morgan fingerprint density at radius 1 is 0.768 bits per heavy atom. The number of H-pyrrole nitrogens is 1. The van der Waals surface area contributed by atoms with Gasteiger partial charge in [0.05, 0.1) is 52.7 Å². The maximum Gasteiger partial charge on any atom is 0.295 e. The lowest BCUT2D eigenvalue weighted by Gasteiger charge is -2.28. The van der Waals surface area contributed by atoms with Gasteiger partial charge in [-0.15, -0.1) is 0 Å². The summed E-state index contributed by atoms with van der Waals surface area (Å²) in [5.41, 5.74) is 8.97. The fraction of sp³-hybridized carbons (Fsp3) is 0.426. The maximum absolute atomic E-state index is 13.2. The number of likely N-dealkylation sites (tertiary alicyclic amines) is 2. The number of aliphatic hydroxyl groups excluding tert-OH is 1. The van der Waals surface area contributed by atoms with Gasteiger partial charge in [-0.25, -0.2) is 8.78 Å². The zero-order valence-corrected chi connectivity index (χ0v) is 50.3. The van der Waals surface area contributed by atoms with Crippen molar-refractivity contribution in [3.8, 4) is 17.6 Å². The van der Waals surface area contributed by atoms with Gasteiger partial charge in [0.25, 0.3) is 5.69 Å². The number of aromatic nitrogens is 3. The third kappa shape index (κ3) is 21.5. The number of nitriles is 1. The van der Waals surface area contributed by atoms with Crippen molar-refractivity contribution in [3.05, 3.63) is 183 Å². The van der Waals surface area contributed by atoms with Crippen molar-refractivity contribution in [3.63, 3.8) is 0 Å². The van der Waals surface area contributed by atoms with Crippen molar-refractivity contribution in [2.24, 2.45) is 17.8 Å². The predicted molar refractivity (Wildman–Crippen MR) is 331 cm³/mol. The number of benzene rings is 5. The third-order valence-corrected chi connectivity index (χ3v) is 14.9. The number of halogens is 2. The van der Waals surface area contributed by atoms with Crippen LogP contribution in [0.1, 0.15) is 112 Å². The molecule has 3 aliphatic heterocycles. The summed E-state index contributed by atoms with van der Waals surface area (Å²) in [6, 6.07) is 32.0. The van der Waals surface area contributed by atoms with Crippen LogP contribution in [0.15, 0.2) is 122 Å². The van der Waals surface area contributed by atoms with E-state index in [4.69, 9.17) is 19.8 Å². The molecule has 8 aromatic rings. The van der Waals surface area contributed by atoms with Gasteiger partial charge in [-0.1, -0.05) is 63.6 Å². The first kappa shape index (κ1) is 65.5. The Bertz CT molecular complexity index is 3270. The van der Waals surface area contributed by atoms with Gasteiger partial charge in [-0.3, -0.25) is 20.1 Å². The molecule has 3 fully saturated rings. The summed E-state index contributed by atoms with van der Waals surface area (Å²) >= 11 is 0. The average molecular weight is 1120 g/mol.